The van der Waals surface area contributed by atoms with Gasteiger partial charge in [-0.05, 0) is 35.9 Å². The van der Waals surface area contributed by atoms with Gasteiger partial charge in [-0.1, -0.05) is 23.7 Å². The Morgan fingerprint density at radius 2 is 1.83 bits per heavy atom. The first-order valence-electron chi connectivity index (χ1n) is 5.45. The lowest BCUT2D eigenvalue weighted by Crippen LogP contribution is -1.98. The van der Waals surface area contributed by atoms with Crippen LogP contribution in [0.25, 0.3) is 0 Å². The van der Waals surface area contributed by atoms with Gasteiger partial charge < -0.3 is 9.84 Å². The van der Waals surface area contributed by atoms with Crippen molar-refractivity contribution in [3.63, 3.8) is 0 Å². The van der Waals surface area contributed by atoms with Crippen LogP contribution in [0.3, 0.4) is 0 Å². The van der Waals surface area contributed by atoms with Crippen molar-refractivity contribution in [3.05, 3.63) is 64.4 Å². The molecule has 2 aromatic carbocycles. The summed E-state index contributed by atoms with van der Waals surface area (Å²) in [4.78, 5) is 0. The summed E-state index contributed by atoms with van der Waals surface area (Å²) >= 11 is 5.79. The predicted octanol–water partition coefficient (Wildman–Crippen LogP) is 3.55. The van der Waals surface area contributed by atoms with E-state index in [9.17, 15) is 4.39 Å². The number of benzene rings is 2. The number of rotatable bonds is 4. The number of ether oxygens (including phenoxy) is 1. The van der Waals surface area contributed by atoms with Crippen LogP contribution in [0, 0.1) is 5.82 Å². The van der Waals surface area contributed by atoms with E-state index in [2.05, 4.69) is 0 Å². The van der Waals surface area contributed by atoms with Crippen molar-refractivity contribution in [2.24, 2.45) is 0 Å². The second-order valence-corrected chi connectivity index (χ2v) is 4.26. The summed E-state index contributed by atoms with van der Waals surface area (Å²) in [6, 6.07) is 11.3. The minimum atomic E-state index is -0.341. The maximum absolute atomic E-state index is 13.4. The average Bonchev–Trinajstić information content (AvgIpc) is 2.40. The van der Waals surface area contributed by atoms with Crippen molar-refractivity contribution >= 4 is 11.6 Å². The molecule has 94 valence electrons. The molecule has 18 heavy (non-hydrogen) atoms. The molecule has 0 aliphatic rings. The zero-order valence-electron chi connectivity index (χ0n) is 9.57. The smallest absolute Gasteiger partial charge is 0.129 e. The third-order valence-electron chi connectivity index (χ3n) is 2.51. The standard InChI is InChI=1S/C14H12ClFO2/c15-12-3-6-14(16)11(7-12)9-18-13-4-1-10(8-17)2-5-13/h1-7,17H,8-9H2. The van der Waals surface area contributed by atoms with Gasteiger partial charge >= 0.3 is 0 Å². The Hall–Kier alpha value is -1.58. The second kappa shape index (κ2) is 5.85. The van der Waals surface area contributed by atoms with Gasteiger partial charge in [0, 0.05) is 10.6 Å². The highest BCUT2D eigenvalue weighted by molar-refractivity contribution is 6.30. The van der Waals surface area contributed by atoms with Gasteiger partial charge in [0.25, 0.3) is 0 Å². The van der Waals surface area contributed by atoms with Crippen LogP contribution < -0.4 is 4.74 Å². The second-order valence-electron chi connectivity index (χ2n) is 3.83. The van der Waals surface area contributed by atoms with Crippen molar-refractivity contribution in [3.8, 4) is 5.75 Å². The molecular formula is C14H12ClFO2. The molecule has 0 saturated heterocycles. The molecule has 2 nitrogen and oxygen atoms in total. The van der Waals surface area contributed by atoms with Gasteiger partial charge in [0.2, 0.25) is 0 Å². The minimum Gasteiger partial charge on any atom is -0.489 e. The zero-order chi connectivity index (χ0) is 13.0. The third kappa shape index (κ3) is 3.22. The largest absolute Gasteiger partial charge is 0.489 e. The van der Waals surface area contributed by atoms with E-state index < -0.39 is 0 Å². The van der Waals surface area contributed by atoms with E-state index in [1.54, 1.807) is 30.3 Å². The molecule has 2 rings (SSSR count). The van der Waals surface area contributed by atoms with Crippen LogP contribution in [0.1, 0.15) is 11.1 Å². The third-order valence-corrected chi connectivity index (χ3v) is 2.74. The number of aliphatic hydroxyl groups is 1. The fraction of sp³-hybridized carbons (Fsp3) is 0.143. The predicted molar refractivity (Wildman–Crippen MR) is 68.1 cm³/mol. The van der Waals surface area contributed by atoms with E-state index in [-0.39, 0.29) is 19.0 Å². The summed E-state index contributed by atoms with van der Waals surface area (Å²) < 4.78 is 18.9. The molecule has 0 heterocycles. The molecule has 0 atom stereocenters. The Balaban J connectivity index is 2.04. The first-order chi connectivity index (χ1) is 8.69. The molecule has 0 saturated carbocycles. The molecule has 0 aliphatic heterocycles. The van der Waals surface area contributed by atoms with Crippen LogP contribution in [0.4, 0.5) is 4.39 Å². The lowest BCUT2D eigenvalue weighted by atomic mass is 10.2. The zero-order valence-corrected chi connectivity index (χ0v) is 10.3. The van der Waals surface area contributed by atoms with Gasteiger partial charge in [-0.15, -0.1) is 0 Å². The topological polar surface area (TPSA) is 29.5 Å². The van der Waals surface area contributed by atoms with Crippen molar-refractivity contribution in [2.75, 3.05) is 0 Å². The van der Waals surface area contributed by atoms with Crippen LogP contribution >= 0.6 is 11.6 Å². The van der Waals surface area contributed by atoms with Crippen LogP contribution in [-0.2, 0) is 13.2 Å². The average molecular weight is 267 g/mol. The summed E-state index contributed by atoms with van der Waals surface area (Å²) in [5.74, 6) is 0.276. The Morgan fingerprint density at radius 3 is 2.50 bits per heavy atom. The molecule has 0 amide bonds. The van der Waals surface area contributed by atoms with Gasteiger partial charge in [-0.2, -0.15) is 0 Å². The Labute approximate surface area is 110 Å². The van der Waals surface area contributed by atoms with Crippen LogP contribution in [-0.4, -0.2) is 5.11 Å². The van der Waals surface area contributed by atoms with E-state index in [1.807, 2.05) is 0 Å². The molecule has 0 aromatic heterocycles. The first kappa shape index (κ1) is 12.9. The summed E-state index contributed by atoms with van der Waals surface area (Å²) in [5, 5.41) is 9.38. The van der Waals surface area contributed by atoms with Crippen LogP contribution in [0.2, 0.25) is 5.02 Å². The first-order valence-corrected chi connectivity index (χ1v) is 5.83. The minimum absolute atomic E-state index is 0.0107. The quantitative estimate of drug-likeness (QED) is 0.917. The van der Waals surface area contributed by atoms with Gasteiger partial charge in [0.05, 0.1) is 6.61 Å². The number of hydrogen-bond acceptors (Lipinski definition) is 2. The lowest BCUT2D eigenvalue weighted by molar-refractivity contribution is 0.280. The molecule has 0 spiro atoms. The Bertz CT molecular complexity index is 526. The highest BCUT2D eigenvalue weighted by Crippen LogP contribution is 2.18. The number of hydrogen-bond donors (Lipinski definition) is 1. The molecule has 0 radical (unpaired) electrons. The summed E-state index contributed by atoms with van der Waals surface area (Å²) in [6.45, 7) is 0.105. The SMILES string of the molecule is OCc1ccc(OCc2cc(Cl)ccc2F)cc1. The van der Waals surface area contributed by atoms with E-state index in [1.165, 1.54) is 12.1 Å². The molecule has 0 unspecified atom stereocenters. The summed E-state index contributed by atoms with van der Waals surface area (Å²) in [6.07, 6.45) is 0. The van der Waals surface area contributed by atoms with E-state index in [4.69, 9.17) is 21.4 Å². The molecule has 4 heteroatoms. The normalized spacial score (nSPS) is 10.4. The fourth-order valence-corrected chi connectivity index (χ4v) is 1.70. The van der Waals surface area contributed by atoms with Gasteiger partial charge in [-0.25, -0.2) is 4.39 Å². The van der Waals surface area contributed by atoms with Crippen LogP contribution in [0.15, 0.2) is 42.5 Å². The summed E-state index contributed by atoms with van der Waals surface area (Å²) in [7, 11) is 0. The molecular weight excluding hydrogens is 255 g/mol. The number of halogens is 2. The van der Waals surface area contributed by atoms with Crippen molar-refractivity contribution < 1.29 is 14.2 Å². The fourth-order valence-electron chi connectivity index (χ4n) is 1.51. The number of aliphatic hydroxyl groups excluding tert-OH is 1. The molecule has 0 bridgehead atoms. The van der Waals surface area contributed by atoms with Crippen molar-refractivity contribution in [1.82, 2.24) is 0 Å². The monoisotopic (exact) mass is 266 g/mol. The Kier molecular flexibility index (Phi) is 4.18. The van der Waals surface area contributed by atoms with Gasteiger partial charge in [0.1, 0.15) is 18.2 Å². The Morgan fingerprint density at radius 1 is 1.11 bits per heavy atom. The highest BCUT2D eigenvalue weighted by Gasteiger charge is 2.04. The van der Waals surface area contributed by atoms with Gasteiger partial charge in [0.15, 0.2) is 0 Å². The van der Waals surface area contributed by atoms with E-state index in [0.717, 1.165) is 5.56 Å². The lowest BCUT2D eigenvalue weighted by Gasteiger charge is -2.08. The highest BCUT2D eigenvalue weighted by atomic mass is 35.5. The van der Waals surface area contributed by atoms with E-state index >= 15 is 0 Å². The van der Waals surface area contributed by atoms with Crippen LogP contribution in [0.5, 0.6) is 5.75 Å². The van der Waals surface area contributed by atoms with Gasteiger partial charge in [-0.3, -0.25) is 0 Å². The maximum Gasteiger partial charge on any atom is 0.129 e. The van der Waals surface area contributed by atoms with Crippen molar-refractivity contribution in [1.29, 1.82) is 0 Å². The van der Waals surface area contributed by atoms with Crippen molar-refractivity contribution in [2.45, 2.75) is 13.2 Å². The van der Waals surface area contributed by atoms with E-state index in [0.29, 0.717) is 16.3 Å². The molecule has 1 N–H and O–H groups in total. The summed E-state index contributed by atoms with van der Waals surface area (Å²) in [5.41, 5.74) is 1.21. The molecule has 0 aliphatic carbocycles. The maximum atomic E-state index is 13.4. The molecule has 0 fully saturated rings. The molecule has 2 aromatic rings.